The van der Waals surface area contributed by atoms with Gasteiger partial charge < -0.3 is 10.2 Å². The van der Waals surface area contributed by atoms with Crippen molar-refractivity contribution in [3.05, 3.63) is 30.3 Å². The molecule has 0 aromatic heterocycles. The minimum atomic E-state index is 0. The lowest BCUT2D eigenvalue weighted by atomic mass is 9.99. The summed E-state index contributed by atoms with van der Waals surface area (Å²) in [7, 11) is 0. The van der Waals surface area contributed by atoms with Crippen molar-refractivity contribution in [2.45, 2.75) is 12.8 Å². The van der Waals surface area contributed by atoms with Crippen LogP contribution in [0.25, 0.3) is 0 Å². The molecule has 2 saturated heterocycles. The highest BCUT2D eigenvalue weighted by Crippen LogP contribution is 2.17. The SMILES string of the molecule is Cl.c1ccc(N2CCN(CC3CCCNC3)CC2)cc1. The molecule has 3 rings (SSSR count). The van der Waals surface area contributed by atoms with Crippen LogP contribution < -0.4 is 10.2 Å². The number of rotatable bonds is 3. The van der Waals surface area contributed by atoms with E-state index in [9.17, 15) is 0 Å². The first-order valence-electron chi connectivity index (χ1n) is 7.65. The van der Waals surface area contributed by atoms with E-state index < -0.39 is 0 Å². The van der Waals surface area contributed by atoms with Crippen LogP contribution >= 0.6 is 12.4 Å². The second-order valence-corrected chi connectivity index (χ2v) is 5.84. The highest BCUT2D eigenvalue weighted by molar-refractivity contribution is 5.85. The summed E-state index contributed by atoms with van der Waals surface area (Å²) in [5.74, 6) is 0.872. The third-order valence-corrected chi connectivity index (χ3v) is 4.41. The molecule has 20 heavy (non-hydrogen) atoms. The molecule has 2 fully saturated rings. The molecule has 0 aliphatic carbocycles. The molecule has 0 radical (unpaired) electrons. The first-order chi connectivity index (χ1) is 9.42. The number of hydrogen-bond donors (Lipinski definition) is 1. The van der Waals surface area contributed by atoms with Gasteiger partial charge >= 0.3 is 0 Å². The van der Waals surface area contributed by atoms with Crippen LogP contribution in [-0.2, 0) is 0 Å². The lowest BCUT2D eigenvalue weighted by Crippen LogP contribution is -2.49. The quantitative estimate of drug-likeness (QED) is 0.922. The minimum absolute atomic E-state index is 0. The molecule has 1 N–H and O–H groups in total. The van der Waals surface area contributed by atoms with Crippen molar-refractivity contribution in [2.24, 2.45) is 5.92 Å². The van der Waals surface area contributed by atoms with Crippen LogP contribution in [0.2, 0.25) is 0 Å². The van der Waals surface area contributed by atoms with Crippen molar-refractivity contribution in [1.82, 2.24) is 10.2 Å². The van der Waals surface area contributed by atoms with Crippen LogP contribution in [0, 0.1) is 5.92 Å². The smallest absolute Gasteiger partial charge is 0.0367 e. The fraction of sp³-hybridized carbons (Fsp3) is 0.625. The van der Waals surface area contributed by atoms with Crippen molar-refractivity contribution in [3.8, 4) is 0 Å². The fourth-order valence-electron chi connectivity index (χ4n) is 3.27. The van der Waals surface area contributed by atoms with E-state index in [1.165, 1.54) is 64.3 Å². The van der Waals surface area contributed by atoms with Gasteiger partial charge in [-0.05, 0) is 44.0 Å². The van der Waals surface area contributed by atoms with Gasteiger partial charge in [0.1, 0.15) is 0 Å². The van der Waals surface area contributed by atoms with Gasteiger partial charge in [-0.2, -0.15) is 0 Å². The van der Waals surface area contributed by atoms with Crippen LogP contribution in [0.4, 0.5) is 5.69 Å². The average Bonchev–Trinajstić information content (AvgIpc) is 2.50. The number of hydrogen-bond acceptors (Lipinski definition) is 3. The predicted octanol–water partition coefficient (Wildman–Crippen LogP) is 2.23. The summed E-state index contributed by atoms with van der Waals surface area (Å²) in [4.78, 5) is 5.16. The number of piperidine rings is 1. The van der Waals surface area contributed by atoms with Crippen molar-refractivity contribution < 1.29 is 0 Å². The number of benzene rings is 1. The normalized spacial score (nSPS) is 24.2. The number of nitrogens with zero attached hydrogens (tertiary/aromatic N) is 2. The van der Waals surface area contributed by atoms with E-state index in [1.54, 1.807) is 0 Å². The van der Waals surface area contributed by atoms with E-state index in [-0.39, 0.29) is 12.4 Å². The van der Waals surface area contributed by atoms with Gasteiger partial charge in [0, 0.05) is 38.4 Å². The number of nitrogens with one attached hydrogen (secondary N) is 1. The molecule has 2 aliphatic heterocycles. The molecule has 0 saturated carbocycles. The Morgan fingerprint density at radius 3 is 2.45 bits per heavy atom. The maximum absolute atomic E-state index is 3.52. The molecular formula is C16H26ClN3. The maximum atomic E-state index is 3.52. The van der Waals surface area contributed by atoms with Crippen molar-refractivity contribution in [1.29, 1.82) is 0 Å². The van der Waals surface area contributed by atoms with E-state index in [1.807, 2.05) is 0 Å². The molecule has 2 aliphatic rings. The standard InChI is InChI=1S/C16H25N3.ClH/c1-2-6-16(7-3-1)19-11-9-18(10-12-19)14-15-5-4-8-17-13-15;/h1-3,6-7,15,17H,4-5,8-14H2;1H. The highest BCUT2D eigenvalue weighted by Gasteiger charge is 2.21. The number of anilines is 1. The molecule has 112 valence electrons. The average molecular weight is 296 g/mol. The Morgan fingerprint density at radius 1 is 1.05 bits per heavy atom. The van der Waals surface area contributed by atoms with Crippen LogP contribution in [0.1, 0.15) is 12.8 Å². The second kappa shape index (κ2) is 7.87. The first-order valence-corrected chi connectivity index (χ1v) is 7.65. The van der Waals surface area contributed by atoms with Gasteiger partial charge in [-0.1, -0.05) is 18.2 Å². The van der Waals surface area contributed by atoms with Gasteiger partial charge in [-0.3, -0.25) is 4.90 Å². The van der Waals surface area contributed by atoms with Crippen LogP contribution in [0.15, 0.2) is 30.3 Å². The topological polar surface area (TPSA) is 18.5 Å². The summed E-state index contributed by atoms with van der Waals surface area (Å²) in [6.07, 6.45) is 2.76. The molecule has 3 nitrogen and oxygen atoms in total. The zero-order valence-corrected chi connectivity index (χ0v) is 12.9. The Balaban J connectivity index is 0.00000147. The van der Waals surface area contributed by atoms with Crippen molar-refractivity contribution in [2.75, 3.05) is 50.7 Å². The predicted molar refractivity (Wildman–Crippen MR) is 87.9 cm³/mol. The molecule has 1 aromatic carbocycles. The Kier molecular flexibility index (Phi) is 6.14. The van der Waals surface area contributed by atoms with E-state index in [2.05, 4.69) is 45.4 Å². The molecule has 1 unspecified atom stereocenters. The Bertz CT molecular complexity index is 371. The zero-order valence-electron chi connectivity index (χ0n) is 12.1. The summed E-state index contributed by atoms with van der Waals surface area (Å²) >= 11 is 0. The zero-order chi connectivity index (χ0) is 12.9. The minimum Gasteiger partial charge on any atom is -0.369 e. The maximum Gasteiger partial charge on any atom is 0.0367 e. The van der Waals surface area contributed by atoms with Gasteiger partial charge in [0.15, 0.2) is 0 Å². The van der Waals surface area contributed by atoms with Crippen molar-refractivity contribution in [3.63, 3.8) is 0 Å². The molecule has 1 aromatic rings. The molecule has 0 spiro atoms. The third-order valence-electron chi connectivity index (χ3n) is 4.41. The Hall–Kier alpha value is -0.770. The number of halogens is 1. The first kappa shape index (κ1) is 15.6. The second-order valence-electron chi connectivity index (χ2n) is 5.84. The number of piperazine rings is 1. The van der Waals surface area contributed by atoms with Gasteiger partial charge in [0.25, 0.3) is 0 Å². The lowest BCUT2D eigenvalue weighted by molar-refractivity contribution is 0.199. The Labute approximate surface area is 128 Å². The highest BCUT2D eigenvalue weighted by atomic mass is 35.5. The van der Waals surface area contributed by atoms with E-state index in [4.69, 9.17) is 0 Å². The summed E-state index contributed by atoms with van der Waals surface area (Å²) in [5.41, 5.74) is 1.38. The van der Waals surface area contributed by atoms with E-state index in [0.29, 0.717) is 0 Å². The molecule has 0 bridgehead atoms. The van der Waals surface area contributed by atoms with Gasteiger partial charge in [0.2, 0.25) is 0 Å². The van der Waals surface area contributed by atoms with E-state index in [0.717, 1.165) is 5.92 Å². The summed E-state index contributed by atoms with van der Waals surface area (Å²) < 4.78 is 0. The summed E-state index contributed by atoms with van der Waals surface area (Å²) in [6, 6.07) is 10.8. The largest absolute Gasteiger partial charge is 0.369 e. The van der Waals surface area contributed by atoms with Gasteiger partial charge in [0.05, 0.1) is 0 Å². The molecular weight excluding hydrogens is 270 g/mol. The van der Waals surface area contributed by atoms with E-state index >= 15 is 0 Å². The molecule has 1 atom stereocenters. The van der Waals surface area contributed by atoms with Crippen LogP contribution in [-0.4, -0.2) is 50.7 Å². The molecule has 0 amide bonds. The van der Waals surface area contributed by atoms with Crippen LogP contribution in [0.3, 0.4) is 0 Å². The molecule has 4 heteroatoms. The lowest BCUT2D eigenvalue weighted by Gasteiger charge is -2.38. The summed E-state index contributed by atoms with van der Waals surface area (Å²) in [6.45, 7) is 8.50. The van der Waals surface area contributed by atoms with Gasteiger partial charge in [-0.25, -0.2) is 0 Å². The Morgan fingerprint density at radius 2 is 1.80 bits per heavy atom. The number of para-hydroxylation sites is 1. The van der Waals surface area contributed by atoms with Gasteiger partial charge in [-0.15, -0.1) is 12.4 Å². The third kappa shape index (κ3) is 4.11. The monoisotopic (exact) mass is 295 g/mol. The van der Waals surface area contributed by atoms with Crippen LogP contribution in [0.5, 0.6) is 0 Å². The summed E-state index contributed by atoms with van der Waals surface area (Å²) in [5, 5.41) is 3.52. The fourth-order valence-corrected chi connectivity index (χ4v) is 3.27. The molecule has 2 heterocycles. The van der Waals surface area contributed by atoms with Crippen molar-refractivity contribution >= 4 is 18.1 Å².